The third-order valence-electron chi connectivity index (χ3n) is 5.42. The van der Waals surface area contributed by atoms with Crippen molar-refractivity contribution in [3.05, 3.63) is 64.3 Å². The van der Waals surface area contributed by atoms with Gasteiger partial charge in [-0.25, -0.2) is 9.48 Å². The first-order valence-electron chi connectivity index (χ1n) is 11.9. The number of amides is 3. The van der Waals surface area contributed by atoms with Crippen molar-refractivity contribution in [2.75, 3.05) is 30.8 Å². The standard InChI is InChI=1S/C27H33Cl2N5O3/c1-17(2)15-33(26(36)30-18-8-7-9-20(12-18)37-6)16-25(35)31-24-14-23(27(3,4)5)32-34(24)19-10-11-21(28)22(29)13-19/h7-14,17H,15-16H2,1-6H3,(H,30,36)(H,31,35). The van der Waals surface area contributed by atoms with Crippen molar-refractivity contribution in [2.45, 2.75) is 40.0 Å². The van der Waals surface area contributed by atoms with Gasteiger partial charge in [-0.2, -0.15) is 5.10 Å². The minimum atomic E-state index is -0.384. The summed E-state index contributed by atoms with van der Waals surface area (Å²) in [6.45, 7) is 10.3. The summed E-state index contributed by atoms with van der Waals surface area (Å²) in [7, 11) is 1.56. The molecule has 10 heteroatoms. The number of ether oxygens (including phenoxy) is 1. The minimum Gasteiger partial charge on any atom is -0.497 e. The van der Waals surface area contributed by atoms with Gasteiger partial charge in [0.05, 0.1) is 28.5 Å². The topological polar surface area (TPSA) is 88.5 Å². The normalized spacial score (nSPS) is 11.4. The first-order valence-corrected chi connectivity index (χ1v) is 12.7. The molecule has 0 unspecified atom stereocenters. The molecule has 1 aromatic heterocycles. The largest absolute Gasteiger partial charge is 0.497 e. The van der Waals surface area contributed by atoms with Gasteiger partial charge < -0.3 is 20.3 Å². The van der Waals surface area contributed by atoms with E-state index in [-0.39, 0.29) is 29.8 Å². The Morgan fingerprint density at radius 2 is 1.78 bits per heavy atom. The van der Waals surface area contributed by atoms with Crippen molar-refractivity contribution < 1.29 is 14.3 Å². The van der Waals surface area contributed by atoms with Gasteiger partial charge in [-0.05, 0) is 36.2 Å². The second-order valence-corrected chi connectivity index (χ2v) is 11.0. The van der Waals surface area contributed by atoms with E-state index in [4.69, 9.17) is 33.0 Å². The molecule has 0 saturated carbocycles. The number of hydrogen-bond donors (Lipinski definition) is 2. The van der Waals surface area contributed by atoms with E-state index in [9.17, 15) is 9.59 Å². The summed E-state index contributed by atoms with van der Waals surface area (Å²) in [6, 6.07) is 13.6. The molecule has 2 N–H and O–H groups in total. The lowest BCUT2D eigenvalue weighted by molar-refractivity contribution is -0.116. The average molecular weight is 546 g/mol. The monoisotopic (exact) mass is 545 g/mol. The van der Waals surface area contributed by atoms with E-state index < -0.39 is 0 Å². The third kappa shape index (κ3) is 7.63. The lowest BCUT2D eigenvalue weighted by atomic mass is 9.92. The molecule has 0 aliphatic carbocycles. The van der Waals surface area contributed by atoms with E-state index in [2.05, 4.69) is 10.6 Å². The molecule has 0 aliphatic rings. The molecule has 0 radical (unpaired) electrons. The van der Waals surface area contributed by atoms with E-state index >= 15 is 0 Å². The molecule has 0 atom stereocenters. The zero-order valence-electron chi connectivity index (χ0n) is 21.9. The fourth-order valence-corrected chi connectivity index (χ4v) is 3.86. The van der Waals surface area contributed by atoms with E-state index in [0.29, 0.717) is 39.5 Å². The van der Waals surface area contributed by atoms with Crippen LogP contribution in [0.25, 0.3) is 5.69 Å². The van der Waals surface area contributed by atoms with Crippen LogP contribution in [0.2, 0.25) is 10.0 Å². The molecule has 0 bridgehead atoms. The highest BCUT2D eigenvalue weighted by Crippen LogP contribution is 2.29. The Morgan fingerprint density at radius 1 is 1.05 bits per heavy atom. The van der Waals surface area contributed by atoms with Gasteiger partial charge in [0.2, 0.25) is 5.91 Å². The second kappa shape index (κ2) is 11.9. The van der Waals surface area contributed by atoms with Gasteiger partial charge in [-0.1, -0.05) is 63.9 Å². The van der Waals surface area contributed by atoms with Crippen molar-refractivity contribution in [3.8, 4) is 11.4 Å². The van der Waals surface area contributed by atoms with Crippen LogP contribution in [0, 0.1) is 5.92 Å². The Kier molecular flexibility index (Phi) is 9.10. The number of nitrogens with one attached hydrogen (secondary N) is 2. The zero-order valence-corrected chi connectivity index (χ0v) is 23.4. The van der Waals surface area contributed by atoms with Crippen LogP contribution < -0.4 is 15.4 Å². The summed E-state index contributed by atoms with van der Waals surface area (Å²) in [6.07, 6.45) is 0. The van der Waals surface area contributed by atoms with Crippen LogP contribution in [-0.4, -0.2) is 46.8 Å². The number of halogens is 2. The van der Waals surface area contributed by atoms with Crippen LogP contribution in [0.1, 0.15) is 40.3 Å². The molecule has 3 aromatic rings. The number of methoxy groups -OCH3 is 1. The van der Waals surface area contributed by atoms with Crippen LogP contribution in [0.5, 0.6) is 5.75 Å². The van der Waals surface area contributed by atoms with Crippen LogP contribution in [0.15, 0.2) is 48.5 Å². The van der Waals surface area contributed by atoms with Gasteiger partial charge in [0.25, 0.3) is 0 Å². The van der Waals surface area contributed by atoms with Gasteiger partial charge in [0.15, 0.2) is 0 Å². The second-order valence-electron chi connectivity index (χ2n) is 10.2. The van der Waals surface area contributed by atoms with Crippen molar-refractivity contribution in [1.82, 2.24) is 14.7 Å². The van der Waals surface area contributed by atoms with Gasteiger partial charge in [0, 0.05) is 29.8 Å². The zero-order chi connectivity index (χ0) is 27.3. The Bertz CT molecular complexity index is 1270. The Morgan fingerprint density at radius 3 is 2.41 bits per heavy atom. The van der Waals surface area contributed by atoms with Gasteiger partial charge in [0.1, 0.15) is 18.1 Å². The number of anilines is 2. The minimum absolute atomic E-state index is 0.147. The summed E-state index contributed by atoms with van der Waals surface area (Å²) in [5.41, 5.74) is 1.74. The molecular formula is C27H33Cl2N5O3. The predicted molar refractivity (Wildman–Crippen MR) is 149 cm³/mol. The van der Waals surface area contributed by atoms with Gasteiger partial charge in [-0.3, -0.25) is 4.79 Å². The SMILES string of the molecule is COc1cccc(NC(=O)N(CC(=O)Nc2cc(C(C)(C)C)nn2-c2ccc(Cl)c(Cl)c2)CC(C)C)c1. The van der Waals surface area contributed by atoms with E-state index in [0.717, 1.165) is 5.69 Å². The highest BCUT2D eigenvalue weighted by atomic mass is 35.5. The third-order valence-corrected chi connectivity index (χ3v) is 6.16. The summed E-state index contributed by atoms with van der Waals surface area (Å²) < 4.78 is 6.84. The lowest BCUT2D eigenvalue weighted by Gasteiger charge is -2.24. The maximum absolute atomic E-state index is 13.2. The fourth-order valence-electron chi connectivity index (χ4n) is 3.57. The number of carbonyl (C=O) groups is 2. The molecule has 1 heterocycles. The van der Waals surface area contributed by atoms with E-state index in [1.54, 1.807) is 54.3 Å². The highest BCUT2D eigenvalue weighted by molar-refractivity contribution is 6.42. The molecule has 0 fully saturated rings. The molecule has 3 amide bonds. The number of benzene rings is 2. The fraction of sp³-hybridized carbons (Fsp3) is 0.370. The van der Waals surface area contributed by atoms with E-state index in [1.807, 2.05) is 40.7 Å². The summed E-state index contributed by atoms with van der Waals surface area (Å²) in [5, 5.41) is 11.3. The van der Waals surface area contributed by atoms with Crippen LogP contribution in [-0.2, 0) is 10.2 Å². The van der Waals surface area contributed by atoms with E-state index in [1.165, 1.54) is 4.90 Å². The first-order chi connectivity index (χ1) is 17.4. The summed E-state index contributed by atoms with van der Waals surface area (Å²) in [4.78, 5) is 27.7. The van der Waals surface area contributed by atoms with Gasteiger partial charge in [-0.15, -0.1) is 0 Å². The lowest BCUT2D eigenvalue weighted by Crippen LogP contribution is -2.42. The van der Waals surface area contributed by atoms with Crippen molar-refractivity contribution in [3.63, 3.8) is 0 Å². The molecule has 0 saturated heterocycles. The number of carbonyl (C=O) groups excluding carboxylic acids is 2. The Balaban J connectivity index is 1.83. The van der Waals surface area contributed by atoms with Crippen molar-refractivity contribution in [2.24, 2.45) is 5.92 Å². The highest BCUT2D eigenvalue weighted by Gasteiger charge is 2.24. The Labute approximate surface area is 227 Å². The number of nitrogens with zero attached hydrogens (tertiary/aromatic N) is 3. The molecule has 0 aliphatic heterocycles. The van der Waals surface area contributed by atoms with Crippen molar-refractivity contribution >= 4 is 46.6 Å². The van der Waals surface area contributed by atoms with Crippen LogP contribution in [0.4, 0.5) is 16.3 Å². The molecule has 0 spiro atoms. The molecule has 2 aromatic carbocycles. The summed E-state index contributed by atoms with van der Waals surface area (Å²) >= 11 is 12.3. The maximum atomic E-state index is 13.2. The molecule has 3 rings (SSSR count). The van der Waals surface area contributed by atoms with Crippen LogP contribution in [0.3, 0.4) is 0 Å². The van der Waals surface area contributed by atoms with Crippen LogP contribution >= 0.6 is 23.2 Å². The molecule has 198 valence electrons. The number of urea groups is 1. The maximum Gasteiger partial charge on any atom is 0.322 e. The summed E-state index contributed by atoms with van der Waals surface area (Å²) in [5.74, 6) is 0.878. The molecule has 8 nitrogen and oxygen atoms in total. The number of rotatable bonds is 8. The quantitative estimate of drug-likeness (QED) is 0.333. The average Bonchev–Trinajstić information content (AvgIpc) is 3.24. The molecule has 37 heavy (non-hydrogen) atoms. The number of hydrogen-bond acceptors (Lipinski definition) is 4. The van der Waals surface area contributed by atoms with Crippen molar-refractivity contribution in [1.29, 1.82) is 0 Å². The number of aromatic nitrogens is 2. The molecular weight excluding hydrogens is 513 g/mol. The first kappa shape index (κ1) is 28.3. The smallest absolute Gasteiger partial charge is 0.322 e. The van der Waals surface area contributed by atoms with Gasteiger partial charge >= 0.3 is 6.03 Å². The Hall–Kier alpha value is -3.23. The predicted octanol–water partition coefficient (Wildman–Crippen LogP) is 6.61.